The van der Waals surface area contributed by atoms with Crippen molar-refractivity contribution in [3.8, 4) is 5.69 Å². The Morgan fingerprint density at radius 2 is 1.51 bits per heavy atom. The number of halogens is 1. The van der Waals surface area contributed by atoms with Gasteiger partial charge in [0.05, 0.1) is 15.9 Å². The number of nitro groups is 1. The Balaban J connectivity index is 1.42. The Morgan fingerprint density at radius 3 is 2.22 bits per heavy atom. The number of non-ortho nitro benzene ring substituents is 1. The molecule has 6 rings (SSSR count). The number of nitrogens with zero attached hydrogens (tertiary/aromatic N) is 4. The van der Waals surface area contributed by atoms with Gasteiger partial charge in [-0.2, -0.15) is 0 Å². The Bertz CT molecular complexity index is 2070. The molecule has 9 nitrogen and oxygen atoms in total. The molecule has 1 unspecified atom stereocenters. The fourth-order valence-corrected chi connectivity index (χ4v) is 7.06. The summed E-state index contributed by atoms with van der Waals surface area (Å²) < 4.78 is 45.8. The minimum absolute atomic E-state index is 0.0910. The quantitative estimate of drug-likeness (QED) is 0.0919. The molecule has 0 radical (unpaired) electrons. The highest BCUT2D eigenvalue weighted by atomic mass is 32.2. The molecule has 0 bridgehead atoms. The van der Waals surface area contributed by atoms with Crippen molar-refractivity contribution < 1.29 is 17.7 Å². The van der Waals surface area contributed by atoms with Gasteiger partial charge in [-0.25, -0.2) is 17.5 Å². The molecule has 5 aromatic carbocycles. The van der Waals surface area contributed by atoms with Crippen molar-refractivity contribution in [3.05, 3.63) is 154 Å². The van der Waals surface area contributed by atoms with Gasteiger partial charge in [-0.3, -0.25) is 14.7 Å². The molecule has 226 valence electrons. The van der Waals surface area contributed by atoms with Crippen molar-refractivity contribution >= 4 is 38.2 Å². The number of hydrogen-bond acceptors (Lipinski definition) is 7. The second kappa shape index (κ2) is 13.0. The summed E-state index contributed by atoms with van der Waals surface area (Å²) in [4.78, 5) is 11.0. The molecular weight excluding hydrogens is 614 g/mol. The smallest absolute Gasteiger partial charge is 0.269 e. The minimum atomic E-state index is -4.05. The van der Waals surface area contributed by atoms with Gasteiger partial charge in [0.15, 0.2) is 11.0 Å². The van der Waals surface area contributed by atoms with Crippen molar-refractivity contribution in [1.82, 2.24) is 19.5 Å². The molecule has 0 aliphatic rings. The lowest BCUT2D eigenvalue weighted by Crippen LogP contribution is -2.32. The fraction of sp³-hybridized carbons (Fsp3) is 0.0909. The number of fused-ring (bicyclic) bond motifs is 1. The Kier molecular flexibility index (Phi) is 8.69. The first-order valence-electron chi connectivity index (χ1n) is 13.9. The van der Waals surface area contributed by atoms with Gasteiger partial charge in [-0.15, -0.1) is 10.2 Å². The largest absolute Gasteiger partial charge is 0.273 e. The molecule has 1 heterocycles. The van der Waals surface area contributed by atoms with E-state index in [2.05, 4.69) is 14.9 Å². The van der Waals surface area contributed by atoms with Crippen LogP contribution in [-0.2, 0) is 22.2 Å². The first kappa shape index (κ1) is 30.1. The van der Waals surface area contributed by atoms with Gasteiger partial charge in [-0.1, -0.05) is 84.6 Å². The molecule has 0 amide bonds. The fourth-order valence-electron chi connectivity index (χ4n) is 4.92. The number of thioether (sulfide) groups is 1. The molecule has 45 heavy (non-hydrogen) atoms. The molecule has 0 aliphatic carbocycles. The average molecular weight is 640 g/mol. The van der Waals surface area contributed by atoms with E-state index in [9.17, 15) is 22.9 Å². The van der Waals surface area contributed by atoms with Gasteiger partial charge in [0.2, 0.25) is 10.0 Å². The summed E-state index contributed by atoms with van der Waals surface area (Å²) in [7, 11) is -4.05. The SMILES string of the molecule is O=[N+]([O-])c1ccc(-n2c(SCc3ccc(F)cc3)nnc2C(Cc2ccccc2)NS(=O)(=O)c2ccc3ccccc3c2)cc1. The van der Waals surface area contributed by atoms with Gasteiger partial charge in [0.1, 0.15) is 5.82 Å². The number of sulfonamides is 1. The zero-order chi connectivity index (χ0) is 31.4. The van der Waals surface area contributed by atoms with E-state index in [-0.39, 0.29) is 22.8 Å². The van der Waals surface area contributed by atoms with E-state index in [1.54, 1.807) is 47.0 Å². The maximum Gasteiger partial charge on any atom is 0.269 e. The Morgan fingerprint density at radius 1 is 0.822 bits per heavy atom. The first-order valence-corrected chi connectivity index (χ1v) is 16.4. The van der Waals surface area contributed by atoms with Gasteiger partial charge < -0.3 is 0 Å². The van der Waals surface area contributed by atoms with Crippen LogP contribution in [0.4, 0.5) is 10.1 Å². The summed E-state index contributed by atoms with van der Waals surface area (Å²) in [5, 5.41) is 22.4. The third-order valence-corrected chi connectivity index (χ3v) is 9.65. The maximum atomic E-state index is 13.9. The van der Waals surface area contributed by atoms with Crippen LogP contribution in [0.1, 0.15) is 23.0 Å². The Hall–Kier alpha value is -4.91. The molecule has 0 spiro atoms. The van der Waals surface area contributed by atoms with Crippen molar-refractivity contribution in [1.29, 1.82) is 0 Å². The van der Waals surface area contributed by atoms with Crippen molar-refractivity contribution in [2.45, 2.75) is 28.3 Å². The molecule has 0 saturated carbocycles. The summed E-state index contributed by atoms with van der Waals surface area (Å²) in [6, 6.07) is 33.0. The highest BCUT2D eigenvalue weighted by Crippen LogP contribution is 2.31. The molecular formula is C33H26FN5O4S2. The number of hydrogen-bond donors (Lipinski definition) is 1. The van der Waals surface area contributed by atoms with Crippen LogP contribution in [0.5, 0.6) is 0 Å². The predicted molar refractivity (Wildman–Crippen MR) is 171 cm³/mol. The number of rotatable bonds is 11. The molecule has 1 N–H and O–H groups in total. The maximum absolute atomic E-state index is 13.9. The van der Waals surface area contributed by atoms with E-state index >= 15 is 0 Å². The predicted octanol–water partition coefficient (Wildman–Crippen LogP) is 7.02. The highest BCUT2D eigenvalue weighted by Gasteiger charge is 2.28. The molecule has 1 atom stereocenters. The van der Waals surface area contributed by atoms with E-state index in [0.717, 1.165) is 21.9 Å². The monoisotopic (exact) mass is 639 g/mol. The first-order chi connectivity index (χ1) is 21.8. The van der Waals surface area contributed by atoms with Crippen molar-refractivity contribution in [2.75, 3.05) is 0 Å². The molecule has 12 heteroatoms. The van der Waals surface area contributed by atoms with E-state index in [4.69, 9.17) is 0 Å². The summed E-state index contributed by atoms with van der Waals surface area (Å²) in [5.41, 5.74) is 2.14. The second-order valence-electron chi connectivity index (χ2n) is 10.2. The number of benzene rings is 5. The van der Waals surface area contributed by atoms with Crippen LogP contribution in [0.3, 0.4) is 0 Å². The van der Waals surface area contributed by atoms with Crippen LogP contribution < -0.4 is 4.72 Å². The topological polar surface area (TPSA) is 120 Å². The lowest BCUT2D eigenvalue weighted by atomic mass is 10.1. The van der Waals surface area contributed by atoms with Crippen LogP contribution in [-0.4, -0.2) is 28.1 Å². The Labute approximate surface area is 263 Å². The standard InChI is InChI=1S/C33H26FN5O4S2/c34-27-13-10-24(11-14-27)22-44-33-36-35-32(38(33)28-15-17-29(18-16-28)39(40)41)31(20-23-6-2-1-3-7-23)37-45(42,43)30-19-12-25-8-4-5-9-26(25)21-30/h1-19,21,31,37H,20,22H2. The molecule has 0 fully saturated rings. The summed E-state index contributed by atoms with van der Waals surface area (Å²) in [5.74, 6) is 0.388. The summed E-state index contributed by atoms with van der Waals surface area (Å²) in [6.45, 7) is 0. The summed E-state index contributed by atoms with van der Waals surface area (Å²) in [6.07, 6.45) is 0.251. The highest BCUT2D eigenvalue weighted by molar-refractivity contribution is 7.98. The second-order valence-corrected chi connectivity index (χ2v) is 12.9. The van der Waals surface area contributed by atoms with Gasteiger partial charge in [0.25, 0.3) is 5.69 Å². The third-order valence-electron chi connectivity index (χ3n) is 7.18. The van der Waals surface area contributed by atoms with Crippen LogP contribution >= 0.6 is 11.8 Å². The van der Waals surface area contributed by atoms with Crippen molar-refractivity contribution in [2.24, 2.45) is 0 Å². The number of nitro benzene ring substituents is 1. The zero-order valence-electron chi connectivity index (χ0n) is 23.7. The molecule has 1 aromatic heterocycles. The van der Waals surface area contributed by atoms with Gasteiger partial charge >= 0.3 is 0 Å². The number of aromatic nitrogens is 3. The molecule has 6 aromatic rings. The molecule has 0 aliphatic heterocycles. The van der Waals surface area contributed by atoms with Crippen LogP contribution in [0.25, 0.3) is 16.5 Å². The lowest BCUT2D eigenvalue weighted by Gasteiger charge is -2.20. The van der Waals surface area contributed by atoms with Crippen LogP contribution in [0.15, 0.2) is 131 Å². The van der Waals surface area contributed by atoms with Crippen molar-refractivity contribution in [3.63, 3.8) is 0 Å². The van der Waals surface area contributed by atoms with E-state index in [0.29, 0.717) is 22.4 Å². The lowest BCUT2D eigenvalue weighted by molar-refractivity contribution is -0.384. The van der Waals surface area contributed by atoms with Gasteiger partial charge in [0, 0.05) is 23.6 Å². The van der Waals surface area contributed by atoms with Crippen LogP contribution in [0, 0.1) is 15.9 Å². The van der Waals surface area contributed by atoms with Gasteiger partial charge in [-0.05, 0) is 64.7 Å². The third kappa shape index (κ3) is 6.93. The average Bonchev–Trinajstić information content (AvgIpc) is 3.48. The van der Waals surface area contributed by atoms with E-state index < -0.39 is 21.0 Å². The zero-order valence-corrected chi connectivity index (χ0v) is 25.3. The molecule has 0 saturated heterocycles. The van der Waals surface area contributed by atoms with E-state index in [1.807, 2.05) is 54.6 Å². The minimum Gasteiger partial charge on any atom is -0.273 e. The van der Waals surface area contributed by atoms with Crippen LogP contribution in [0.2, 0.25) is 0 Å². The number of nitrogens with one attached hydrogen (secondary N) is 1. The summed E-state index contributed by atoms with van der Waals surface area (Å²) >= 11 is 1.33. The normalized spacial score (nSPS) is 12.3. The van der Waals surface area contributed by atoms with E-state index in [1.165, 1.54) is 36.0 Å².